The van der Waals surface area contributed by atoms with Gasteiger partial charge in [0.1, 0.15) is 0 Å². The van der Waals surface area contributed by atoms with Crippen LogP contribution in [0.2, 0.25) is 0 Å². The second-order valence-electron chi connectivity index (χ2n) is 5.58. The molecule has 1 aromatic rings. The molecular formula is C14H19F3N2O. The molecule has 6 heteroatoms. The number of halogens is 3. The number of aromatic nitrogens is 1. The average molecular weight is 288 g/mol. The molecule has 0 atom stereocenters. The predicted molar refractivity (Wildman–Crippen MR) is 69.1 cm³/mol. The number of likely N-dealkylation sites (tertiary alicyclic amines) is 1. The summed E-state index contributed by atoms with van der Waals surface area (Å²) >= 11 is 0. The molecule has 0 unspecified atom stereocenters. The summed E-state index contributed by atoms with van der Waals surface area (Å²) in [5.41, 5.74) is -2.33. The van der Waals surface area contributed by atoms with Gasteiger partial charge in [-0.15, -0.1) is 0 Å². The Morgan fingerprint density at radius 3 is 2.40 bits per heavy atom. The largest absolute Gasteiger partial charge is 0.416 e. The van der Waals surface area contributed by atoms with E-state index in [1.54, 1.807) is 0 Å². The Bertz CT molecular complexity index is 466. The molecule has 0 saturated carbocycles. The van der Waals surface area contributed by atoms with E-state index in [2.05, 4.69) is 9.88 Å². The van der Waals surface area contributed by atoms with Crippen LogP contribution in [0.5, 0.6) is 0 Å². The molecule has 2 heterocycles. The van der Waals surface area contributed by atoms with Gasteiger partial charge in [0, 0.05) is 37.1 Å². The molecule has 1 N–H and O–H groups in total. The molecule has 0 radical (unpaired) electrons. The number of aliphatic hydroxyl groups is 1. The molecular weight excluding hydrogens is 269 g/mol. The first-order chi connectivity index (χ1) is 9.24. The molecule has 0 aliphatic carbocycles. The second-order valence-corrected chi connectivity index (χ2v) is 5.58. The third-order valence-corrected chi connectivity index (χ3v) is 3.98. The quantitative estimate of drug-likeness (QED) is 0.909. The number of hydrogen-bond acceptors (Lipinski definition) is 3. The molecule has 1 aliphatic heterocycles. The zero-order valence-corrected chi connectivity index (χ0v) is 11.6. The second kappa shape index (κ2) is 5.33. The number of pyridine rings is 1. The van der Waals surface area contributed by atoms with Crippen LogP contribution in [0.4, 0.5) is 13.2 Å². The summed E-state index contributed by atoms with van der Waals surface area (Å²) in [6.07, 6.45) is -1.63. The first-order valence-corrected chi connectivity index (χ1v) is 6.72. The van der Waals surface area contributed by atoms with Crippen LogP contribution in [0.25, 0.3) is 0 Å². The molecule has 1 aromatic heterocycles. The molecule has 0 bridgehead atoms. The molecule has 0 aromatic carbocycles. The van der Waals surface area contributed by atoms with E-state index in [0.717, 1.165) is 18.5 Å². The van der Waals surface area contributed by atoms with Gasteiger partial charge in [0.15, 0.2) is 0 Å². The maximum Gasteiger partial charge on any atom is 0.416 e. The first kappa shape index (κ1) is 15.3. The highest BCUT2D eigenvalue weighted by molar-refractivity contribution is 5.32. The van der Waals surface area contributed by atoms with Gasteiger partial charge in [0.05, 0.1) is 11.2 Å². The summed E-state index contributed by atoms with van der Waals surface area (Å²) in [7, 11) is 0. The van der Waals surface area contributed by atoms with Crippen molar-refractivity contribution in [2.75, 3.05) is 13.1 Å². The first-order valence-electron chi connectivity index (χ1n) is 6.72. The van der Waals surface area contributed by atoms with Crippen LogP contribution in [0, 0.1) is 0 Å². The third-order valence-electron chi connectivity index (χ3n) is 3.98. The molecule has 20 heavy (non-hydrogen) atoms. The zero-order chi connectivity index (χ0) is 15.0. The highest BCUT2D eigenvalue weighted by atomic mass is 19.4. The van der Waals surface area contributed by atoms with E-state index in [0.29, 0.717) is 32.0 Å². The van der Waals surface area contributed by atoms with Gasteiger partial charge in [0.2, 0.25) is 0 Å². The van der Waals surface area contributed by atoms with Gasteiger partial charge in [-0.05, 0) is 32.8 Å². The SMILES string of the molecule is CC(C)N1CCC(O)(c2cnccc2C(F)(F)F)CC1. The predicted octanol–water partition coefficient (Wildman–Crippen LogP) is 2.79. The van der Waals surface area contributed by atoms with E-state index >= 15 is 0 Å². The lowest BCUT2D eigenvalue weighted by Crippen LogP contribution is -2.46. The molecule has 3 nitrogen and oxygen atoms in total. The third kappa shape index (κ3) is 2.96. The molecule has 1 aliphatic rings. The standard InChI is InChI=1S/C14H19F3N2O/c1-10(2)19-7-4-13(20,5-8-19)12-9-18-6-3-11(12)14(15,16)17/h3,6,9-10,20H,4-5,7-8H2,1-2H3. The van der Waals surface area contributed by atoms with Gasteiger partial charge in [0.25, 0.3) is 0 Å². The van der Waals surface area contributed by atoms with Gasteiger partial charge in [-0.25, -0.2) is 0 Å². The van der Waals surface area contributed by atoms with Gasteiger partial charge in [-0.2, -0.15) is 13.2 Å². The van der Waals surface area contributed by atoms with Crippen molar-refractivity contribution in [1.82, 2.24) is 9.88 Å². The summed E-state index contributed by atoms with van der Waals surface area (Å²) in [6.45, 7) is 5.24. The van der Waals surface area contributed by atoms with Crippen molar-refractivity contribution >= 4 is 0 Å². The minimum absolute atomic E-state index is 0.101. The van der Waals surface area contributed by atoms with Crippen LogP contribution < -0.4 is 0 Å². The fraction of sp³-hybridized carbons (Fsp3) is 0.643. The Morgan fingerprint density at radius 2 is 1.90 bits per heavy atom. The van der Waals surface area contributed by atoms with Crippen LogP contribution in [-0.4, -0.2) is 34.1 Å². The van der Waals surface area contributed by atoms with E-state index in [-0.39, 0.29) is 5.56 Å². The number of piperidine rings is 1. The number of alkyl halides is 3. The van der Waals surface area contributed by atoms with Gasteiger partial charge >= 0.3 is 6.18 Å². The van der Waals surface area contributed by atoms with Crippen LogP contribution in [0.3, 0.4) is 0 Å². The maximum absolute atomic E-state index is 13.0. The highest BCUT2D eigenvalue weighted by Gasteiger charge is 2.42. The van der Waals surface area contributed by atoms with Gasteiger partial charge in [-0.1, -0.05) is 0 Å². The van der Waals surface area contributed by atoms with Crippen LogP contribution in [-0.2, 0) is 11.8 Å². The lowest BCUT2D eigenvalue weighted by atomic mass is 9.82. The summed E-state index contributed by atoms with van der Waals surface area (Å²) in [4.78, 5) is 5.91. The molecule has 1 fully saturated rings. The van der Waals surface area contributed by atoms with Gasteiger partial charge in [-0.3, -0.25) is 4.98 Å². The molecule has 112 valence electrons. The minimum Gasteiger partial charge on any atom is -0.385 e. The van der Waals surface area contributed by atoms with E-state index < -0.39 is 17.3 Å². The molecule has 2 rings (SSSR count). The Labute approximate surface area is 116 Å². The Kier molecular flexibility index (Phi) is 4.07. The Balaban J connectivity index is 2.28. The fourth-order valence-electron chi connectivity index (χ4n) is 2.69. The smallest absolute Gasteiger partial charge is 0.385 e. The zero-order valence-electron chi connectivity index (χ0n) is 11.6. The van der Waals surface area contributed by atoms with Crippen molar-refractivity contribution < 1.29 is 18.3 Å². The van der Waals surface area contributed by atoms with Crippen molar-refractivity contribution in [3.8, 4) is 0 Å². The van der Waals surface area contributed by atoms with Crippen molar-refractivity contribution in [2.45, 2.75) is 44.5 Å². The normalized spacial score (nSPS) is 20.4. The maximum atomic E-state index is 13.0. The molecule has 0 amide bonds. The Morgan fingerprint density at radius 1 is 1.30 bits per heavy atom. The average Bonchev–Trinajstić information content (AvgIpc) is 2.38. The van der Waals surface area contributed by atoms with Crippen LogP contribution in [0.15, 0.2) is 18.5 Å². The monoisotopic (exact) mass is 288 g/mol. The van der Waals surface area contributed by atoms with Crippen molar-refractivity contribution in [3.63, 3.8) is 0 Å². The van der Waals surface area contributed by atoms with Crippen molar-refractivity contribution in [1.29, 1.82) is 0 Å². The van der Waals surface area contributed by atoms with Gasteiger partial charge < -0.3 is 10.0 Å². The molecule has 1 saturated heterocycles. The summed E-state index contributed by atoms with van der Waals surface area (Å²) in [5.74, 6) is 0. The highest BCUT2D eigenvalue weighted by Crippen LogP contribution is 2.40. The lowest BCUT2D eigenvalue weighted by molar-refractivity contribution is -0.142. The molecule has 0 spiro atoms. The fourth-order valence-corrected chi connectivity index (χ4v) is 2.69. The van der Waals surface area contributed by atoms with Crippen molar-refractivity contribution in [3.05, 3.63) is 29.6 Å². The van der Waals surface area contributed by atoms with Crippen molar-refractivity contribution in [2.24, 2.45) is 0 Å². The van der Waals surface area contributed by atoms with Crippen LogP contribution >= 0.6 is 0 Å². The van der Waals surface area contributed by atoms with E-state index in [4.69, 9.17) is 0 Å². The number of nitrogens with zero attached hydrogens (tertiary/aromatic N) is 2. The summed E-state index contributed by atoms with van der Waals surface area (Å²) in [5, 5.41) is 10.6. The van der Waals surface area contributed by atoms with E-state index in [1.807, 2.05) is 13.8 Å². The summed E-state index contributed by atoms with van der Waals surface area (Å²) in [6, 6.07) is 1.26. The topological polar surface area (TPSA) is 36.4 Å². The summed E-state index contributed by atoms with van der Waals surface area (Å²) < 4.78 is 39.1. The Hall–Kier alpha value is -1.14. The number of rotatable bonds is 2. The lowest BCUT2D eigenvalue weighted by Gasteiger charge is -2.40. The van der Waals surface area contributed by atoms with E-state index in [9.17, 15) is 18.3 Å². The minimum atomic E-state index is -4.47. The van der Waals surface area contributed by atoms with E-state index in [1.165, 1.54) is 0 Å². The van der Waals surface area contributed by atoms with Crippen LogP contribution in [0.1, 0.15) is 37.8 Å². The number of hydrogen-bond donors (Lipinski definition) is 1.